The number of ether oxygens (including phenoxy) is 2. The number of hydrogen-bond donors (Lipinski definition) is 0. The summed E-state index contributed by atoms with van der Waals surface area (Å²) in [4.78, 5) is 25.9. The first-order valence-electron chi connectivity index (χ1n) is 10.00. The van der Waals surface area contributed by atoms with Gasteiger partial charge in [-0.15, -0.1) is 0 Å². The van der Waals surface area contributed by atoms with Gasteiger partial charge >= 0.3 is 5.97 Å². The standard InChI is InChI=1S/C25H17Cl3O5/c1-2-14-3-9-20-18(11-14)23(30)25(24(32-20)15-4-6-16(26)7-5-15)33-22(29)13-31-21-10-8-17(27)12-19(21)28/h3-12H,2,13H2,1H3. The molecule has 4 rings (SSSR count). The number of carbonyl (C=O) groups excluding carboxylic acids is 1. The normalized spacial score (nSPS) is 10.9. The van der Waals surface area contributed by atoms with Crippen LogP contribution in [0.1, 0.15) is 12.5 Å². The van der Waals surface area contributed by atoms with Gasteiger partial charge in [0.05, 0.1) is 10.4 Å². The summed E-state index contributed by atoms with van der Waals surface area (Å²) < 4.78 is 16.9. The number of halogens is 3. The molecule has 0 aliphatic heterocycles. The first-order chi connectivity index (χ1) is 15.9. The molecule has 1 heterocycles. The summed E-state index contributed by atoms with van der Waals surface area (Å²) >= 11 is 17.9. The van der Waals surface area contributed by atoms with E-state index < -0.39 is 18.0 Å². The van der Waals surface area contributed by atoms with Crippen LogP contribution in [0, 0.1) is 0 Å². The zero-order chi connectivity index (χ0) is 23.5. The van der Waals surface area contributed by atoms with Gasteiger partial charge in [-0.05, 0) is 66.6 Å². The van der Waals surface area contributed by atoms with Crippen molar-refractivity contribution < 1.29 is 18.7 Å². The second-order valence-electron chi connectivity index (χ2n) is 7.12. The fraction of sp³-hybridized carbons (Fsp3) is 0.120. The zero-order valence-electron chi connectivity index (χ0n) is 17.4. The lowest BCUT2D eigenvalue weighted by molar-refractivity contribution is -0.136. The number of benzene rings is 3. The predicted octanol–water partition coefficient (Wildman–Crippen LogP) is 6.97. The highest BCUT2D eigenvalue weighted by Crippen LogP contribution is 2.32. The van der Waals surface area contributed by atoms with Crippen molar-refractivity contribution in [2.24, 2.45) is 0 Å². The fourth-order valence-corrected chi connectivity index (χ4v) is 3.79. The van der Waals surface area contributed by atoms with Crippen LogP contribution in [-0.2, 0) is 11.2 Å². The first-order valence-corrected chi connectivity index (χ1v) is 11.1. The molecule has 4 aromatic rings. The Hall–Kier alpha value is -2.99. The second-order valence-corrected chi connectivity index (χ2v) is 8.40. The summed E-state index contributed by atoms with van der Waals surface area (Å²) in [7, 11) is 0. The Morgan fingerprint density at radius 1 is 0.939 bits per heavy atom. The molecular formula is C25H17Cl3O5. The van der Waals surface area contributed by atoms with Crippen molar-refractivity contribution in [3.63, 3.8) is 0 Å². The van der Waals surface area contributed by atoms with Crippen LogP contribution >= 0.6 is 34.8 Å². The smallest absolute Gasteiger partial charge is 0.349 e. The molecule has 0 amide bonds. The van der Waals surface area contributed by atoms with Gasteiger partial charge in [0, 0.05) is 15.6 Å². The van der Waals surface area contributed by atoms with Crippen LogP contribution in [-0.4, -0.2) is 12.6 Å². The summed E-state index contributed by atoms with van der Waals surface area (Å²) in [6.45, 7) is 1.50. The van der Waals surface area contributed by atoms with Gasteiger partial charge in [0.25, 0.3) is 0 Å². The largest absolute Gasteiger partial charge is 0.480 e. The molecule has 0 bridgehead atoms. The molecule has 3 aromatic carbocycles. The Morgan fingerprint density at radius 2 is 1.67 bits per heavy atom. The molecule has 0 unspecified atom stereocenters. The number of aryl methyl sites for hydroxylation is 1. The van der Waals surface area contributed by atoms with Gasteiger partial charge in [-0.2, -0.15) is 0 Å². The number of carbonyl (C=O) groups is 1. The third-order valence-corrected chi connectivity index (χ3v) is 5.67. The summed E-state index contributed by atoms with van der Waals surface area (Å²) in [5.41, 5.74) is 1.40. The van der Waals surface area contributed by atoms with Crippen molar-refractivity contribution in [1.82, 2.24) is 0 Å². The minimum Gasteiger partial charge on any atom is -0.480 e. The van der Waals surface area contributed by atoms with Crippen molar-refractivity contribution in [3.8, 4) is 22.8 Å². The van der Waals surface area contributed by atoms with Gasteiger partial charge in [0.2, 0.25) is 11.2 Å². The molecular weight excluding hydrogens is 487 g/mol. The molecule has 8 heteroatoms. The highest BCUT2D eigenvalue weighted by molar-refractivity contribution is 6.35. The van der Waals surface area contributed by atoms with E-state index in [0.29, 0.717) is 26.6 Å². The topological polar surface area (TPSA) is 65.7 Å². The Balaban J connectivity index is 1.71. The minimum atomic E-state index is -0.797. The molecule has 0 saturated carbocycles. The van der Waals surface area contributed by atoms with Gasteiger partial charge < -0.3 is 13.9 Å². The van der Waals surface area contributed by atoms with Crippen molar-refractivity contribution in [1.29, 1.82) is 0 Å². The Kier molecular flexibility index (Phi) is 6.94. The quantitative estimate of drug-likeness (QED) is 0.266. The molecule has 0 aliphatic rings. The van der Waals surface area contributed by atoms with Gasteiger partial charge in [-0.1, -0.05) is 47.8 Å². The maximum atomic E-state index is 13.3. The van der Waals surface area contributed by atoms with Crippen LogP contribution in [0.5, 0.6) is 11.5 Å². The van der Waals surface area contributed by atoms with E-state index >= 15 is 0 Å². The van der Waals surface area contributed by atoms with E-state index in [9.17, 15) is 9.59 Å². The SMILES string of the molecule is CCc1ccc2oc(-c3ccc(Cl)cc3)c(OC(=O)COc3ccc(Cl)cc3Cl)c(=O)c2c1. The average molecular weight is 504 g/mol. The monoisotopic (exact) mass is 502 g/mol. The molecule has 0 aliphatic carbocycles. The molecule has 0 saturated heterocycles. The average Bonchev–Trinajstić information content (AvgIpc) is 2.80. The lowest BCUT2D eigenvalue weighted by Crippen LogP contribution is -2.22. The van der Waals surface area contributed by atoms with Gasteiger partial charge in [0.1, 0.15) is 11.3 Å². The number of rotatable bonds is 6. The molecule has 168 valence electrons. The van der Waals surface area contributed by atoms with Crippen molar-refractivity contribution in [3.05, 3.63) is 91.5 Å². The molecule has 0 radical (unpaired) electrons. The highest BCUT2D eigenvalue weighted by atomic mass is 35.5. The Labute approximate surface area is 204 Å². The van der Waals surface area contributed by atoms with Gasteiger partial charge in [-0.3, -0.25) is 4.79 Å². The molecule has 33 heavy (non-hydrogen) atoms. The fourth-order valence-electron chi connectivity index (χ4n) is 3.20. The van der Waals surface area contributed by atoms with Crippen LogP contribution < -0.4 is 14.9 Å². The lowest BCUT2D eigenvalue weighted by Gasteiger charge is -2.12. The maximum Gasteiger partial charge on any atom is 0.349 e. The minimum absolute atomic E-state index is 0.117. The maximum absolute atomic E-state index is 13.3. The van der Waals surface area contributed by atoms with Gasteiger partial charge in [-0.25, -0.2) is 4.79 Å². The lowest BCUT2D eigenvalue weighted by atomic mass is 10.1. The van der Waals surface area contributed by atoms with Crippen LogP contribution in [0.15, 0.2) is 69.9 Å². The van der Waals surface area contributed by atoms with E-state index in [-0.39, 0.29) is 22.3 Å². The van der Waals surface area contributed by atoms with E-state index in [0.717, 1.165) is 12.0 Å². The zero-order valence-corrected chi connectivity index (χ0v) is 19.6. The Bertz CT molecular complexity index is 1390. The van der Waals surface area contributed by atoms with Crippen molar-refractivity contribution in [2.45, 2.75) is 13.3 Å². The van der Waals surface area contributed by atoms with E-state index in [2.05, 4.69) is 0 Å². The van der Waals surface area contributed by atoms with Crippen LogP contribution in [0.2, 0.25) is 15.1 Å². The summed E-state index contributed by atoms with van der Waals surface area (Å²) in [5.74, 6) is -0.649. The van der Waals surface area contributed by atoms with E-state index in [1.165, 1.54) is 12.1 Å². The second kappa shape index (κ2) is 9.87. The molecule has 0 atom stereocenters. The molecule has 1 aromatic heterocycles. The third-order valence-electron chi connectivity index (χ3n) is 4.88. The summed E-state index contributed by atoms with van der Waals surface area (Å²) in [6.07, 6.45) is 0.735. The third kappa shape index (κ3) is 5.17. The Morgan fingerprint density at radius 3 is 2.36 bits per heavy atom. The van der Waals surface area contributed by atoms with Gasteiger partial charge in [0.15, 0.2) is 12.4 Å². The number of hydrogen-bond acceptors (Lipinski definition) is 5. The van der Waals surface area contributed by atoms with E-state index in [1.54, 1.807) is 42.5 Å². The van der Waals surface area contributed by atoms with Crippen LogP contribution in [0.25, 0.3) is 22.3 Å². The molecule has 0 N–H and O–H groups in total. The van der Waals surface area contributed by atoms with Crippen molar-refractivity contribution >= 4 is 51.7 Å². The highest BCUT2D eigenvalue weighted by Gasteiger charge is 2.21. The van der Waals surface area contributed by atoms with Crippen LogP contribution in [0.4, 0.5) is 0 Å². The number of esters is 1. The van der Waals surface area contributed by atoms with Crippen LogP contribution in [0.3, 0.4) is 0 Å². The molecule has 0 fully saturated rings. The van der Waals surface area contributed by atoms with E-state index in [1.807, 2.05) is 13.0 Å². The number of fused-ring (bicyclic) bond motifs is 1. The van der Waals surface area contributed by atoms with Crippen molar-refractivity contribution in [2.75, 3.05) is 6.61 Å². The predicted molar refractivity (Wildman–Crippen MR) is 130 cm³/mol. The molecule has 0 spiro atoms. The first kappa shape index (κ1) is 23.2. The summed E-state index contributed by atoms with van der Waals surface area (Å²) in [6, 6.07) is 16.6. The summed E-state index contributed by atoms with van der Waals surface area (Å²) in [5, 5.41) is 1.51. The van der Waals surface area contributed by atoms with E-state index in [4.69, 9.17) is 48.7 Å². The molecule has 5 nitrogen and oxygen atoms in total.